The highest BCUT2D eigenvalue weighted by atomic mass is 32.2. The van der Waals surface area contributed by atoms with Crippen molar-refractivity contribution < 1.29 is 23.2 Å². The molecule has 2 aromatic rings. The van der Waals surface area contributed by atoms with E-state index in [1.807, 2.05) is 0 Å². The van der Waals surface area contributed by atoms with Gasteiger partial charge in [-0.1, -0.05) is 0 Å². The molecule has 2 fully saturated rings. The molecule has 0 aliphatic carbocycles. The van der Waals surface area contributed by atoms with Crippen LogP contribution in [0.25, 0.3) is 17.4 Å². The molecule has 3 heterocycles. The minimum absolute atomic E-state index is 0.204. The van der Waals surface area contributed by atoms with E-state index in [9.17, 15) is 18.8 Å². The third-order valence-electron chi connectivity index (χ3n) is 4.90. The molecule has 0 atom stereocenters. The van der Waals surface area contributed by atoms with Gasteiger partial charge in [0.25, 0.3) is 11.1 Å². The fourth-order valence-corrected chi connectivity index (χ4v) is 4.16. The van der Waals surface area contributed by atoms with Gasteiger partial charge in [0.15, 0.2) is 0 Å². The summed E-state index contributed by atoms with van der Waals surface area (Å²) in [6, 6.07) is 9.25. The molecule has 0 saturated carbocycles. The second-order valence-corrected chi connectivity index (χ2v) is 7.91. The summed E-state index contributed by atoms with van der Waals surface area (Å²) in [4.78, 5) is 40.2. The first-order chi connectivity index (χ1) is 14.0. The molecule has 3 amide bonds. The van der Waals surface area contributed by atoms with Gasteiger partial charge in [0.1, 0.15) is 23.9 Å². The van der Waals surface area contributed by atoms with Gasteiger partial charge in [-0.25, -0.2) is 4.39 Å². The number of thioether (sulfide) groups is 1. The van der Waals surface area contributed by atoms with E-state index in [0.29, 0.717) is 30.2 Å². The zero-order chi connectivity index (χ0) is 20.4. The Bertz CT molecular complexity index is 977. The quantitative estimate of drug-likeness (QED) is 0.704. The zero-order valence-corrected chi connectivity index (χ0v) is 16.4. The minimum atomic E-state index is -0.495. The highest BCUT2D eigenvalue weighted by Gasteiger charge is 2.37. The van der Waals surface area contributed by atoms with Gasteiger partial charge in [-0.2, -0.15) is 0 Å². The van der Waals surface area contributed by atoms with Gasteiger partial charge in [0.2, 0.25) is 5.91 Å². The molecule has 0 spiro atoms. The summed E-state index contributed by atoms with van der Waals surface area (Å²) in [5.41, 5.74) is 0.700. The van der Waals surface area contributed by atoms with E-state index in [2.05, 4.69) is 0 Å². The van der Waals surface area contributed by atoms with Crippen LogP contribution in [0.5, 0.6) is 0 Å². The summed E-state index contributed by atoms with van der Waals surface area (Å²) in [5, 5.41) is -0.461. The SMILES string of the molecule is O=C(CN1C(=O)S/C(=C\c2ccc(-c3ccc(F)cc3)o2)C1=O)N1CCCCC1. The molecule has 1 aromatic heterocycles. The van der Waals surface area contributed by atoms with Crippen molar-refractivity contribution in [3.05, 3.63) is 52.9 Å². The molecule has 150 valence electrons. The number of nitrogens with zero attached hydrogens (tertiary/aromatic N) is 2. The lowest BCUT2D eigenvalue weighted by molar-refractivity contribution is -0.136. The molecular formula is C21H19FN2O4S. The van der Waals surface area contributed by atoms with Crippen LogP contribution in [0.1, 0.15) is 25.0 Å². The van der Waals surface area contributed by atoms with Crippen LogP contribution in [0.4, 0.5) is 9.18 Å². The van der Waals surface area contributed by atoms with E-state index in [1.54, 1.807) is 29.2 Å². The van der Waals surface area contributed by atoms with E-state index in [-0.39, 0.29) is 23.2 Å². The van der Waals surface area contributed by atoms with Crippen LogP contribution >= 0.6 is 11.8 Å². The van der Waals surface area contributed by atoms with Crippen molar-refractivity contribution in [2.75, 3.05) is 19.6 Å². The van der Waals surface area contributed by atoms with Gasteiger partial charge < -0.3 is 9.32 Å². The number of carbonyl (C=O) groups excluding carboxylic acids is 3. The Kier molecular flexibility index (Phi) is 5.53. The maximum Gasteiger partial charge on any atom is 0.294 e. The molecule has 4 rings (SSSR count). The first kappa shape index (κ1) is 19.4. The number of furan rings is 1. The molecule has 0 unspecified atom stereocenters. The molecule has 2 aliphatic heterocycles. The van der Waals surface area contributed by atoms with Crippen LogP contribution in [0.3, 0.4) is 0 Å². The van der Waals surface area contributed by atoms with E-state index in [0.717, 1.165) is 35.9 Å². The monoisotopic (exact) mass is 414 g/mol. The minimum Gasteiger partial charge on any atom is -0.457 e. The third-order valence-corrected chi connectivity index (χ3v) is 5.81. The first-order valence-corrected chi connectivity index (χ1v) is 10.2. The number of hydrogen-bond donors (Lipinski definition) is 0. The van der Waals surface area contributed by atoms with Crippen LogP contribution in [-0.2, 0) is 9.59 Å². The van der Waals surface area contributed by atoms with Crippen LogP contribution in [0.2, 0.25) is 0 Å². The smallest absolute Gasteiger partial charge is 0.294 e. The van der Waals surface area contributed by atoms with Gasteiger partial charge in [0.05, 0.1) is 4.91 Å². The molecule has 0 radical (unpaired) electrons. The molecule has 8 heteroatoms. The number of carbonyl (C=O) groups is 3. The van der Waals surface area contributed by atoms with Crippen LogP contribution in [0, 0.1) is 5.82 Å². The van der Waals surface area contributed by atoms with E-state index < -0.39 is 11.1 Å². The van der Waals surface area contributed by atoms with Crippen molar-refractivity contribution in [1.82, 2.24) is 9.80 Å². The van der Waals surface area contributed by atoms with Crippen molar-refractivity contribution in [2.45, 2.75) is 19.3 Å². The van der Waals surface area contributed by atoms with E-state index in [1.165, 1.54) is 18.2 Å². The summed E-state index contributed by atoms with van der Waals surface area (Å²) in [5.74, 6) is -0.115. The molecular weight excluding hydrogens is 395 g/mol. The van der Waals surface area contributed by atoms with Crippen molar-refractivity contribution in [2.24, 2.45) is 0 Å². The van der Waals surface area contributed by atoms with Crippen molar-refractivity contribution >= 4 is 34.9 Å². The number of piperidine rings is 1. The molecule has 6 nitrogen and oxygen atoms in total. The summed E-state index contributed by atoms with van der Waals surface area (Å²) in [7, 11) is 0. The average molecular weight is 414 g/mol. The van der Waals surface area contributed by atoms with Gasteiger partial charge in [-0.3, -0.25) is 19.3 Å². The average Bonchev–Trinajstić information content (AvgIpc) is 3.29. The van der Waals surface area contributed by atoms with E-state index >= 15 is 0 Å². The molecule has 2 aliphatic rings. The number of benzene rings is 1. The number of likely N-dealkylation sites (tertiary alicyclic amines) is 1. The Morgan fingerprint density at radius 1 is 1.07 bits per heavy atom. The largest absolute Gasteiger partial charge is 0.457 e. The highest BCUT2D eigenvalue weighted by Crippen LogP contribution is 2.33. The van der Waals surface area contributed by atoms with Gasteiger partial charge in [-0.15, -0.1) is 0 Å². The van der Waals surface area contributed by atoms with Crippen molar-refractivity contribution in [1.29, 1.82) is 0 Å². The Labute approximate surface area is 171 Å². The number of amides is 3. The van der Waals surface area contributed by atoms with Gasteiger partial charge in [-0.05, 0) is 67.4 Å². The lowest BCUT2D eigenvalue weighted by atomic mass is 10.1. The molecule has 29 heavy (non-hydrogen) atoms. The van der Waals surface area contributed by atoms with Crippen molar-refractivity contribution in [3.8, 4) is 11.3 Å². The summed E-state index contributed by atoms with van der Waals surface area (Å²) in [6.45, 7) is 1.11. The predicted octanol–water partition coefficient (Wildman–Crippen LogP) is 4.13. The topological polar surface area (TPSA) is 70.8 Å². The van der Waals surface area contributed by atoms with E-state index in [4.69, 9.17) is 4.42 Å². The van der Waals surface area contributed by atoms with Gasteiger partial charge in [0, 0.05) is 24.7 Å². The van der Waals surface area contributed by atoms with Gasteiger partial charge >= 0.3 is 0 Å². The molecule has 0 bridgehead atoms. The number of hydrogen-bond acceptors (Lipinski definition) is 5. The van der Waals surface area contributed by atoms with Crippen molar-refractivity contribution in [3.63, 3.8) is 0 Å². The normalized spacial score (nSPS) is 18.7. The standard InChI is InChI=1S/C21H19FN2O4S/c22-15-6-4-14(5-7-15)17-9-8-16(28-17)12-18-20(26)24(21(27)29-18)13-19(25)23-10-2-1-3-11-23/h4-9,12H,1-3,10-11,13H2/b18-12-. The Balaban J connectivity index is 1.46. The molecule has 2 saturated heterocycles. The van der Waals surface area contributed by atoms with Crippen LogP contribution in [-0.4, -0.2) is 46.5 Å². The number of imide groups is 1. The first-order valence-electron chi connectivity index (χ1n) is 9.40. The van der Waals surface area contributed by atoms with Crippen LogP contribution < -0.4 is 0 Å². The second kappa shape index (κ2) is 8.24. The Morgan fingerprint density at radius 2 is 1.79 bits per heavy atom. The third kappa shape index (κ3) is 4.27. The molecule has 0 N–H and O–H groups in total. The second-order valence-electron chi connectivity index (χ2n) is 6.92. The zero-order valence-electron chi connectivity index (χ0n) is 15.6. The number of halogens is 1. The lowest BCUT2D eigenvalue weighted by Gasteiger charge is -2.27. The fraction of sp³-hybridized carbons (Fsp3) is 0.286. The number of rotatable bonds is 4. The van der Waals surface area contributed by atoms with Crippen LogP contribution in [0.15, 0.2) is 45.7 Å². The fourth-order valence-electron chi connectivity index (χ4n) is 3.34. The Morgan fingerprint density at radius 3 is 2.52 bits per heavy atom. The Hall–Kier alpha value is -2.87. The summed E-state index contributed by atoms with van der Waals surface area (Å²) >= 11 is 0.791. The molecule has 1 aromatic carbocycles. The maximum atomic E-state index is 13.1. The lowest BCUT2D eigenvalue weighted by Crippen LogP contribution is -2.44. The summed E-state index contributed by atoms with van der Waals surface area (Å²) in [6.07, 6.45) is 4.48. The predicted molar refractivity (Wildman–Crippen MR) is 107 cm³/mol. The highest BCUT2D eigenvalue weighted by molar-refractivity contribution is 8.18. The maximum absolute atomic E-state index is 13.1. The summed E-state index contributed by atoms with van der Waals surface area (Å²) < 4.78 is 18.8.